The van der Waals surface area contributed by atoms with Gasteiger partial charge < -0.3 is 14.2 Å². The summed E-state index contributed by atoms with van der Waals surface area (Å²) in [4.78, 5) is 2.66. The monoisotopic (exact) mass is 657 g/mol. The molecule has 0 bridgehead atoms. The molecule has 0 aliphatic carbocycles. The second-order valence-electron chi connectivity index (χ2n) is 11.9. The lowest BCUT2D eigenvalue weighted by Gasteiger charge is -2.42. The van der Waals surface area contributed by atoms with Crippen LogP contribution in [0, 0.1) is 0 Å². The van der Waals surface area contributed by atoms with Crippen LogP contribution in [-0.4, -0.2) is 43.0 Å². The minimum Gasteiger partial charge on any atom is -0.483 e. The molecule has 0 aromatic heterocycles. The Morgan fingerprint density at radius 1 is 0.955 bits per heavy atom. The van der Waals surface area contributed by atoms with Crippen molar-refractivity contribution in [2.75, 3.05) is 6.61 Å². The number of ether oxygens (including phenoxy) is 3. The van der Waals surface area contributed by atoms with Gasteiger partial charge in [0.25, 0.3) is 5.92 Å². The normalized spacial score (nSPS) is 22.3. The van der Waals surface area contributed by atoms with E-state index in [1.807, 2.05) is 24.3 Å². The van der Waals surface area contributed by atoms with E-state index in [4.69, 9.17) is 18.8 Å². The van der Waals surface area contributed by atoms with Gasteiger partial charge in [-0.15, -0.1) is 0 Å². The Hall–Kier alpha value is -2.64. The highest BCUT2D eigenvalue weighted by Crippen LogP contribution is 2.41. The van der Waals surface area contributed by atoms with Crippen LogP contribution in [0.3, 0.4) is 0 Å². The fourth-order valence-corrected chi connectivity index (χ4v) is 7.29. The maximum Gasteiger partial charge on any atom is 0.405 e. The van der Waals surface area contributed by atoms with Crippen LogP contribution >= 0.6 is 0 Å². The number of hydrogen-bond donors (Lipinski definition) is 1. The van der Waals surface area contributed by atoms with E-state index in [0.717, 1.165) is 27.2 Å². The van der Waals surface area contributed by atoms with Crippen molar-refractivity contribution in [3.63, 3.8) is 0 Å². The highest BCUT2D eigenvalue weighted by atomic mass is 32.2. The SMILES string of the molecule is CCC1OC(C)(c2ccc([S+](c3ccc(OC(C)C(F)(F)S(=O)(=O)O)cc3)c3ccc(C(C)(C)C)cc3)cc2)OCC1(F)F. The van der Waals surface area contributed by atoms with E-state index in [9.17, 15) is 26.0 Å². The lowest BCUT2D eigenvalue weighted by Crippen LogP contribution is -2.52. The number of halogens is 4. The van der Waals surface area contributed by atoms with Gasteiger partial charge in [-0.3, -0.25) is 4.55 Å². The van der Waals surface area contributed by atoms with Gasteiger partial charge >= 0.3 is 15.4 Å². The molecule has 1 aliphatic rings. The van der Waals surface area contributed by atoms with Gasteiger partial charge in [0.15, 0.2) is 26.6 Å². The fraction of sp³-hybridized carbons (Fsp3) is 0.438. The van der Waals surface area contributed by atoms with E-state index >= 15 is 0 Å². The Balaban J connectivity index is 1.68. The average molecular weight is 658 g/mol. The van der Waals surface area contributed by atoms with E-state index in [2.05, 4.69) is 32.9 Å². The molecule has 1 heterocycles. The number of rotatable bonds is 9. The standard InChI is InChI=1S/C32H36F4O6S2/c1-7-28-31(33,34)20-40-30(6,42-28)23-10-16-26(17-11-23)43(25-14-8-22(9-15-25)29(3,4)5)27-18-12-24(13-19-27)41-21(2)32(35,36)44(37,38)39/h8-19,21,28H,7,20H2,1-6H3/p+1. The molecule has 1 aliphatic heterocycles. The highest BCUT2D eigenvalue weighted by molar-refractivity contribution is 7.97. The summed E-state index contributed by atoms with van der Waals surface area (Å²) >= 11 is 0. The lowest BCUT2D eigenvalue weighted by molar-refractivity contribution is -0.360. The van der Waals surface area contributed by atoms with Crippen LogP contribution in [0.25, 0.3) is 0 Å². The molecular weight excluding hydrogens is 620 g/mol. The van der Waals surface area contributed by atoms with Gasteiger partial charge in [-0.2, -0.15) is 17.2 Å². The first-order valence-corrected chi connectivity index (χ1v) is 16.7. The molecule has 6 nitrogen and oxygen atoms in total. The Morgan fingerprint density at radius 3 is 1.89 bits per heavy atom. The molecule has 0 saturated carbocycles. The molecule has 3 aromatic rings. The van der Waals surface area contributed by atoms with Crippen molar-refractivity contribution in [1.29, 1.82) is 0 Å². The molecule has 1 N–H and O–H groups in total. The van der Waals surface area contributed by atoms with Crippen molar-refractivity contribution in [1.82, 2.24) is 0 Å². The Morgan fingerprint density at radius 2 is 1.43 bits per heavy atom. The van der Waals surface area contributed by atoms with Crippen molar-refractivity contribution >= 4 is 21.0 Å². The van der Waals surface area contributed by atoms with Crippen LogP contribution in [0.4, 0.5) is 17.6 Å². The Bertz CT molecular complexity index is 1540. The minimum atomic E-state index is -5.67. The Labute approximate surface area is 258 Å². The van der Waals surface area contributed by atoms with Crippen LogP contribution in [0.1, 0.15) is 59.1 Å². The van der Waals surface area contributed by atoms with Gasteiger partial charge in [0.05, 0.1) is 10.9 Å². The summed E-state index contributed by atoms with van der Waals surface area (Å²) in [5.41, 5.74) is 1.65. The zero-order chi connectivity index (χ0) is 32.7. The molecule has 4 rings (SSSR count). The minimum absolute atomic E-state index is 0.00615. The highest BCUT2D eigenvalue weighted by Gasteiger charge is 2.52. The van der Waals surface area contributed by atoms with Crippen molar-refractivity contribution in [2.24, 2.45) is 0 Å². The quantitative estimate of drug-likeness (QED) is 0.143. The van der Waals surface area contributed by atoms with Crippen LogP contribution < -0.4 is 4.74 Å². The van der Waals surface area contributed by atoms with Crippen LogP contribution in [0.2, 0.25) is 0 Å². The molecule has 3 aromatic carbocycles. The first-order chi connectivity index (χ1) is 20.3. The van der Waals surface area contributed by atoms with E-state index in [-0.39, 0.29) is 17.6 Å². The van der Waals surface area contributed by atoms with Gasteiger partial charge in [0.2, 0.25) is 0 Å². The zero-order valence-corrected chi connectivity index (χ0v) is 26.9. The maximum atomic E-state index is 14.3. The molecule has 240 valence electrons. The summed E-state index contributed by atoms with van der Waals surface area (Å²) in [6.45, 7) is 9.70. The molecule has 4 unspecified atom stereocenters. The van der Waals surface area contributed by atoms with Gasteiger partial charge in [-0.05, 0) is 91.9 Å². The molecule has 1 fully saturated rings. The summed E-state index contributed by atoms with van der Waals surface area (Å²) < 4.78 is 104. The third-order valence-corrected chi connectivity index (χ3v) is 10.8. The second kappa shape index (κ2) is 12.3. The van der Waals surface area contributed by atoms with Crippen molar-refractivity contribution in [3.05, 3.63) is 83.9 Å². The molecular formula is C32H37F4O6S2+. The van der Waals surface area contributed by atoms with Gasteiger partial charge in [-0.25, -0.2) is 8.78 Å². The summed E-state index contributed by atoms with van der Waals surface area (Å²) in [5, 5.41) is -4.50. The molecule has 44 heavy (non-hydrogen) atoms. The van der Waals surface area contributed by atoms with Crippen molar-refractivity contribution < 1.29 is 44.7 Å². The largest absolute Gasteiger partial charge is 0.483 e. The van der Waals surface area contributed by atoms with Crippen LogP contribution in [0.5, 0.6) is 5.75 Å². The van der Waals surface area contributed by atoms with Crippen molar-refractivity contribution in [2.45, 2.75) is 97.2 Å². The summed E-state index contributed by atoms with van der Waals surface area (Å²) in [7, 11) is -6.36. The fourth-order valence-electron chi connectivity index (χ4n) is 4.78. The first kappa shape index (κ1) is 34.2. The topological polar surface area (TPSA) is 82.1 Å². The van der Waals surface area contributed by atoms with E-state index in [1.165, 1.54) is 12.1 Å². The lowest BCUT2D eigenvalue weighted by atomic mass is 9.87. The zero-order valence-electron chi connectivity index (χ0n) is 25.3. The third-order valence-electron chi connectivity index (χ3n) is 7.51. The van der Waals surface area contributed by atoms with Gasteiger partial charge in [-0.1, -0.05) is 39.8 Å². The molecule has 12 heteroatoms. The van der Waals surface area contributed by atoms with Crippen LogP contribution in [-0.2, 0) is 41.7 Å². The van der Waals surface area contributed by atoms with Gasteiger partial charge in [0.1, 0.15) is 18.5 Å². The smallest absolute Gasteiger partial charge is 0.405 e. The van der Waals surface area contributed by atoms with Crippen LogP contribution in [0.15, 0.2) is 87.5 Å². The maximum absolute atomic E-state index is 14.3. The Kier molecular flexibility index (Phi) is 9.55. The summed E-state index contributed by atoms with van der Waals surface area (Å²) in [6, 6.07) is 21.8. The predicted molar refractivity (Wildman–Crippen MR) is 160 cm³/mol. The first-order valence-electron chi connectivity index (χ1n) is 14.0. The number of benzene rings is 3. The molecule has 4 atom stereocenters. The van der Waals surface area contributed by atoms with Gasteiger partial charge in [0, 0.05) is 5.56 Å². The molecule has 0 radical (unpaired) electrons. The van der Waals surface area contributed by atoms with E-state index in [0.29, 0.717) is 5.56 Å². The van der Waals surface area contributed by atoms with E-state index in [1.54, 1.807) is 38.1 Å². The summed E-state index contributed by atoms with van der Waals surface area (Å²) in [5.74, 6) is -4.45. The number of alkyl halides is 4. The third kappa shape index (κ3) is 7.09. The molecule has 0 amide bonds. The second-order valence-corrected chi connectivity index (χ2v) is 15.4. The van der Waals surface area contributed by atoms with Crippen molar-refractivity contribution in [3.8, 4) is 5.75 Å². The molecule has 1 saturated heterocycles. The number of hydrogen-bond acceptors (Lipinski definition) is 5. The average Bonchev–Trinajstić information content (AvgIpc) is 2.95. The van der Waals surface area contributed by atoms with E-state index < -0.39 is 56.8 Å². The predicted octanol–water partition coefficient (Wildman–Crippen LogP) is 7.96. The summed E-state index contributed by atoms with van der Waals surface area (Å²) in [6.07, 6.45) is -3.29. The molecule has 0 spiro atoms.